The van der Waals surface area contributed by atoms with Crippen molar-refractivity contribution in [3.8, 4) is 0 Å². The van der Waals surface area contributed by atoms with Crippen molar-refractivity contribution in [2.24, 2.45) is 0 Å². The van der Waals surface area contributed by atoms with E-state index in [9.17, 15) is 19.7 Å². The number of hydrogen-bond donors (Lipinski definition) is 0. The molecular formula is C20H37NO6. The standard InChI is InChI=1S/C20H37NO6/c1-26-19(22)16-14-12-10-8-6-4-3-5-7-9-11-13-15-18(21(24)25)17-20(23)27-2/h18H,3-17H2,1-2H3. The van der Waals surface area contributed by atoms with Crippen molar-refractivity contribution in [2.75, 3.05) is 14.2 Å². The molecule has 0 saturated heterocycles. The molecule has 0 aromatic carbocycles. The molecule has 0 aromatic rings. The molecule has 0 aromatic heterocycles. The molecule has 0 N–H and O–H groups in total. The monoisotopic (exact) mass is 387 g/mol. The molecule has 0 spiro atoms. The third-order valence-corrected chi connectivity index (χ3v) is 4.82. The third-order valence-electron chi connectivity index (χ3n) is 4.82. The van der Waals surface area contributed by atoms with E-state index in [1.807, 2.05) is 0 Å². The Balaban J connectivity index is 3.38. The summed E-state index contributed by atoms with van der Waals surface area (Å²) in [6, 6.07) is -0.815. The van der Waals surface area contributed by atoms with Crippen LogP contribution in [-0.4, -0.2) is 37.1 Å². The molecule has 0 aliphatic rings. The van der Waals surface area contributed by atoms with Crippen LogP contribution in [0.1, 0.15) is 96.3 Å². The van der Waals surface area contributed by atoms with Gasteiger partial charge in [-0.05, 0) is 12.8 Å². The van der Waals surface area contributed by atoms with Crippen molar-refractivity contribution in [3.05, 3.63) is 10.1 Å². The molecule has 1 atom stereocenters. The highest BCUT2D eigenvalue weighted by atomic mass is 16.6. The molecule has 0 aliphatic carbocycles. The maximum absolute atomic E-state index is 11.2. The number of rotatable bonds is 18. The second kappa shape index (κ2) is 17.7. The van der Waals surface area contributed by atoms with Crippen LogP contribution in [0.5, 0.6) is 0 Å². The SMILES string of the molecule is COC(=O)CCCCCCCCCCCCCCC(CC(=O)OC)[N+](=O)[O-]. The number of esters is 2. The zero-order valence-corrected chi connectivity index (χ0v) is 17.1. The van der Waals surface area contributed by atoms with Gasteiger partial charge in [0.1, 0.15) is 6.42 Å². The maximum Gasteiger partial charge on any atom is 0.312 e. The highest BCUT2D eigenvalue weighted by molar-refractivity contribution is 5.69. The van der Waals surface area contributed by atoms with Crippen molar-refractivity contribution in [3.63, 3.8) is 0 Å². The first-order valence-electron chi connectivity index (χ1n) is 10.3. The molecule has 0 rings (SSSR count). The van der Waals surface area contributed by atoms with Crippen LogP contribution in [0.15, 0.2) is 0 Å². The van der Waals surface area contributed by atoms with E-state index in [0.29, 0.717) is 12.8 Å². The summed E-state index contributed by atoms with van der Waals surface area (Å²) in [4.78, 5) is 32.7. The quantitative estimate of drug-likeness (QED) is 0.145. The molecule has 0 fully saturated rings. The van der Waals surface area contributed by atoms with Gasteiger partial charge in [-0.2, -0.15) is 0 Å². The molecule has 0 aliphatic heterocycles. The fraction of sp³-hybridized carbons (Fsp3) is 0.900. The summed E-state index contributed by atoms with van der Waals surface area (Å²) in [5.74, 6) is -0.632. The van der Waals surface area contributed by atoms with Crippen LogP contribution in [0.4, 0.5) is 0 Å². The first-order chi connectivity index (χ1) is 13.0. The van der Waals surface area contributed by atoms with Gasteiger partial charge >= 0.3 is 11.9 Å². The maximum atomic E-state index is 11.2. The topological polar surface area (TPSA) is 95.7 Å². The van der Waals surface area contributed by atoms with Gasteiger partial charge in [0.2, 0.25) is 6.04 Å². The lowest BCUT2D eigenvalue weighted by atomic mass is 10.0. The first-order valence-corrected chi connectivity index (χ1v) is 10.3. The Morgan fingerprint density at radius 1 is 0.741 bits per heavy atom. The van der Waals surface area contributed by atoms with Gasteiger partial charge in [-0.3, -0.25) is 19.7 Å². The van der Waals surface area contributed by atoms with Crippen molar-refractivity contribution in [2.45, 2.75) is 102 Å². The van der Waals surface area contributed by atoms with Crippen LogP contribution < -0.4 is 0 Å². The lowest BCUT2D eigenvalue weighted by Crippen LogP contribution is -2.23. The van der Waals surface area contributed by atoms with E-state index in [1.54, 1.807) is 0 Å². The normalized spacial score (nSPS) is 11.8. The molecule has 0 bridgehead atoms. The van der Waals surface area contributed by atoms with Gasteiger partial charge in [-0.15, -0.1) is 0 Å². The van der Waals surface area contributed by atoms with E-state index in [4.69, 9.17) is 0 Å². The molecule has 27 heavy (non-hydrogen) atoms. The molecule has 7 heteroatoms. The van der Waals surface area contributed by atoms with Crippen LogP contribution in [0.25, 0.3) is 0 Å². The number of unbranched alkanes of at least 4 members (excludes halogenated alkanes) is 11. The van der Waals surface area contributed by atoms with Crippen molar-refractivity contribution in [1.29, 1.82) is 0 Å². The smallest absolute Gasteiger partial charge is 0.312 e. The highest BCUT2D eigenvalue weighted by Crippen LogP contribution is 2.15. The van der Waals surface area contributed by atoms with Gasteiger partial charge in [-0.25, -0.2) is 0 Å². The molecule has 0 radical (unpaired) electrons. The van der Waals surface area contributed by atoms with Gasteiger partial charge in [0.05, 0.1) is 14.2 Å². The fourth-order valence-electron chi connectivity index (χ4n) is 3.08. The van der Waals surface area contributed by atoms with Crippen molar-refractivity contribution >= 4 is 11.9 Å². The Morgan fingerprint density at radius 2 is 1.15 bits per heavy atom. The van der Waals surface area contributed by atoms with E-state index >= 15 is 0 Å². The highest BCUT2D eigenvalue weighted by Gasteiger charge is 2.23. The summed E-state index contributed by atoms with van der Waals surface area (Å²) >= 11 is 0. The lowest BCUT2D eigenvalue weighted by molar-refractivity contribution is -0.522. The molecule has 7 nitrogen and oxygen atoms in total. The minimum Gasteiger partial charge on any atom is -0.469 e. The Hall–Kier alpha value is -1.66. The summed E-state index contributed by atoms with van der Waals surface area (Å²) in [6.45, 7) is 0. The van der Waals surface area contributed by atoms with Crippen molar-refractivity contribution < 1.29 is 24.0 Å². The Kier molecular flexibility index (Phi) is 16.6. The fourth-order valence-corrected chi connectivity index (χ4v) is 3.08. The molecule has 0 amide bonds. The summed E-state index contributed by atoms with van der Waals surface area (Å²) in [5.41, 5.74) is 0. The van der Waals surface area contributed by atoms with E-state index in [1.165, 1.54) is 59.2 Å². The van der Waals surface area contributed by atoms with E-state index in [2.05, 4.69) is 9.47 Å². The van der Waals surface area contributed by atoms with Gasteiger partial charge in [0.25, 0.3) is 0 Å². The zero-order chi connectivity index (χ0) is 20.3. The van der Waals surface area contributed by atoms with E-state index in [0.717, 1.165) is 32.1 Å². The van der Waals surface area contributed by atoms with Crippen LogP contribution in [-0.2, 0) is 19.1 Å². The Morgan fingerprint density at radius 3 is 1.56 bits per heavy atom. The number of ether oxygens (including phenoxy) is 2. The molecule has 0 saturated carbocycles. The summed E-state index contributed by atoms with van der Waals surface area (Å²) in [7, 11) is 2.68. The number of nitro groups is 1. The Labute approximate surface area is 163 Å². The second-order valence-corrected chi connectivity index (χ2v) is 7.08. The first kappa shape index (κ1) is 25.3. The van der Waals surface area contributed by atoms with Crippen LogP contribution >= 0.6 is 0 Å². The number of methoxy groups -OCH3 is 2. The minimum atomic E-state index is -0.815. The predicted octanol–water partition coefficient (Wildman–Crippen LogP) is 4.83. The van der Waals surface area contributed by atoms with Crippen molar-refractivity contribution in [1.82, 2.24) is 0 Å². The van der Waals surface area contributed by atoms with Gasteiger partial charge in [0, 0.05) is 17.8 Å². The third kappa shape index (κ3) is 16.3. The molecular weight excluding hydrogens is 350 g/mol. The average Bonchev–Trinajstić information content (AvgIpc) is 2.66. The van der Waals surface area contributed by atoms with Gasteiger partial charge < -0.3 is 9.47 Å². The Bertz CT molecular complexity index is 413. The number of carbonyl (C=O) groups excluding carboxylic acids is 2. The molecule has 158 valence electrons. The van der Waals surface area contributed by atoms with E-state index in [-0.39, 0.29) is 17.3 Å². The summed E-state index contributed by atoms with van der Waals surface area (Å²) in [5, 5.41) is 10.9. The van der Waals surface area contributed by atoms with Crippen LogP contribution in [0.3, 0.4) is 0 Å². The number of nitrogens with zero attached hydrogens (tertiary/aromatic N) is 1. The number of carbonyl (C=O) groups is 2. The molecule has 1 unspecified atom stereocenters. The second-order valence-electron chi connectivity index (χ2n) is 7.08. The minimum absolute atomic E-state index is 0.118. The average molecular weight is 388 g/mol. The molecule has 0 heterocycles. The zero-order valence-electron chi connectivity index (χ0n) is 17.1. The van der Waals surface area contributed by atoms with Gasteiger partial charge in [-0.1, -0.05) is 64.2 Å². The summed E-state index contributed by atoms with van der Waals surface area (Å²) < 4.78 is 9.11. The van der Waals surface area contributed by atoms with Crippen LogP contribution in [0.2, 0.25) is 0 Å². The number of hydrogen-bond acceptors (Lipinski definition) is 6. The van der Waals surface area contributed by atoms with Gasteiger partial charge in [0.15, 0.2) is 0 Å². The van der Waals surface area contributed by atoms with Crippen LogP contribution in [0, 0.1) is 10.1 Å². The lowest BCUT2D eigenvalue weighted by Gasteiger charge is -2.08. The predicted molar refractivity (Wildman–Crippen MR) is 104 cm³/mol. The summed E-state index contributed by atoms with van der Waals surface area (Å²) in [6.07, 6.45) is 14.2. The largest absolute Gasteiger partial charge is 0.469 e. The van der Waals surface area contributed by atoms with E-state index < -0.39 is 12.0 Å².